The molecule has 0 unspecified atom stereocenters. The second kappa shape index (κ2) is 9.05. The van der Waals surface area contributed by atoms with E-state index in [1.54, 1.807) is 0 Å². The summed E-state index contributed by atoms with van der Waals surface area (Å²) in [6, 6.07) is 14.5. The lowest BCUT2D eigenvalue weighted by molar-refractivity contribution is 0.175. The molecular formula is C21H26Cl2N2. The average Bonchev–Trinajstić information content (AvgIpc) is 2.60. The van der Waals surface area contributed by atoms with E-state index in [0.29, 0.717) is 0 Å². The van der Waals surface area contributed by atoms with Gasteiger partial charge in [-0.2, -0.15) is 0 Å². The van der Waals surface area contributed by atoms with Gasteiger partial charge in [-0.05, 0) is 63.0 Å². The minimum atomic E-state index is 0.753. The van der Waals surface area contributed by atoms with Gasteiger partial charge in [0, 0.05) is 28.7 Å². The highest BCUT2D eigenvalue weighted by Gasteiger charge is 2.20. The molecule has 1 aliphatic rings. The van der Waals surface area contributed by atoms with Crippen LogP contribution in [0.2, 0.25) is 10.0 Å². The number of hydrogen-bond acceptors (Lipinski definition) is 2. The van der Waals surface area contributed by atoms with E-state index in [0.717, 1.165) is 54.3 Å². The van der Waals surface area contributed by atoms with Crippen molar-refractivity contribution >= 4 is 23.2 Å². The molecule has 3 rings (SSSR count). The normalized spacial score (nSPS) is 16.3. The van der Waals surface area contributed by atoms with E-state index in [-0.39, 0.29) is 0 Å². The fourth-order valence-corrected chi connectivity index (χ4v) is 4.02. The summed E-state index contributed by atoms with van der Waals surface area (Å²) in [4.78, 5) is 2.46. The van der Waals surface area contributed by atoms with Crippen LogP contribution in [0.4, 0.5) is 0 Å². The van der Waals surface area contributed by atoms with Gasteiger partial charge < -0.3 is 5.32 Å². The van der Waals surface area contributed by atoms with E-state index >= 15 is 0 Å². The molecule has 2 nitrogen and oxygen atoms in total. The van der Waals surface area contributed by atoms with Crippen LogP contribution in [0.25, 0.3) is 0 Å². The van der Waals surface area contributed by atoms with Crippen LogP contribution in [0.1, 0.15) is 29.5 Å². The zero-order valence-corrected chi connectivity index (χ0v) is 16.3. The lowest BCUT2D eigenvalue weighted by atomic mass is 9.96. The van der Waals surface area contributed by atoms with Crippen molar-refractivity contribution in [2.75, 3.05) is 19.6 Å². The molecule has 4 heteroatoms. The zero-order valence-electron chi connectivity index (χ0n) is 14.8. The minimum Gasteiger partial charge on any atom is -0.312 e. The van der Waals surface area contributed by atoms with Crippen molar-refractivity contribution in [1.82, 2.24) is 10.2 Å². The van der Waals surface area contributed by atoms with Gasteiger partial charge in [-0.15, -0.1) is 0 Å². The zero-order chi connectivity index (χ0) is 17.6. The number of aryl methyl sites for hydroxylation is 1. The van der Waals surface area contributed by atoms with Gasteiger partial charge in [0.2, 0.25) is 0 Å². The number of hydrogen-bond donors (Lipinski definition) is 1. The van der Waals surface area contributed by atoms with Gasteiger partial charge in [-0.25, -0.2) is 0 Å². The molecule has 0 amide bonds. The first kappa shape index (κ1) is 18.7. The molecule has 25 heavy (non-hydrogen) atoms. The van der Waals surface area contributed by atoms with Crippen molar-refractivity contribution in [2.24, 2.45) is 5.92 Å². The number of benzene rings is 2. The van der Waals surface area contributed by atoms with Crippen molar-refractivity contribution in [2.45, 2.75) is 32.9 Å². The lowest BCUT2D eigenvalue weighted by Gasteiger charge is -2.32. The van der Waals surface area contributed by atoms with E-state index in [1.165, 1.54) is 24.0 Å². The summed E-state index contributed by atoms with van der Waals surface area (Å²) in [6.45, 7) is 7.26. The van der Waals surface area contributed by atoms with E-state index in [2.05, 4.69) is 41.4 Å². The summed E-state index contributed by atoms with van der Waals surface area (Å²) in [7, 11) is 0. The maximum absolute atomic E-state index is 6.29. The standard InChI is InChI=1S/C21H26Cl2N2/c1-16-4-2-5-18(12-16)14-24-13-17-8-10-25(11-9-17)15-19-20(22)6-3-7-21(19)23/h2-7,12,17,24H,8-11,13-15H2,1H3. The first-order valence-corrected chi connectivity index (χ1v) is 9.79. The fourth-order valence-electron chi connectivity index (χ4n) is 3.50. The highest BCUT2D eigenvalue weighted by Crippen LogP contribution is 2.27. The number of rotatable bonds is 6. The third-order valence-corrected chi connectivity index (χ3v) is 5.70. The Bertz CT molecular complexity index is 674. The molecule has 1 heterocycles. The van der Waals surface area contributed by atoms with E-state index in [4.69, 9.17) is 23.2 Å². The first-order chi connectivity index (χ1) is 12.1. The Morgan fingerprint density at radius 2 is 1.72 bits per heavy atom. The summed E-state index contributed by atoms with van der Waals surface area (Å²) in [5, 5.41) is 5.17. The smallest absolute Gasteiger partial charge is 0.0465 e. The van der Waals surface area contributed by atoms with Gasteiger partial charge >= 0.3 is 0 Å². The maximum atomic E-state index is 6.29. The second-order valence-corrected chi connectivity index (χ2v) is 7.85. The van der Waals surface area contributed by atoms with E-state index in [9.17, 15) is 0 Å². The van der Waals surface area contributed by atoms with Gasteiger partial charge in [0.1, 0.15) is 0 Å². The fraction of sp³-hybridized carbons (Fsp3) is 0.429. The first-order valence-electron chi connectivity index (χ1n) is 9.03. The molecular weight excluding hydrogens is 351 g/mol. The predicted octanol–water partition coefficient (Wildman–Crippen LogP) is 5.30. The highest BCUT2D eigenvalue weighted by atomic mass is 35.5. The third-order valence-electron chi connectivity index (χ3n) is 5.00. The van der Waals surface area contributed by atoms with Crippen molar-refractivity contribution < 1.29 is 0 Å². The average molecular weight is 377 g/mol. The Balaban J connectivity index is 1.41. The van der Waals surface area contributed by atoms with Crippen LogP contribution in [-0.2, 0) is 13.1 Å². The van der Waals surface area contributed by atoms with E-state index < -0.39 is 0 Å². The van der Waals surface area contributed by atoms with Gasteiger partial charge in [0.15, 0.2) is 0 Å². The molecule has 0 bridgehead atoms. The molecule has 1 fully saturated rings. The largest absolute Gasteiger partial charge is 0.312 e. The van der Waals surface area contributed by atoms with E-state index in [1.807, 2.05) is 18.2 Å². The SMILES string of the molecule is Cc1cccc(CNCC2CCN(Cc3c(Cl)cccc3Cl)CC2)c1. The van der Waals surface area contributed by atoms with Gasteiger partial charge in [-0.3, -0.25) is 4.90 Å². The highest BCUT2D eigenvalue weighted by molar-refractivity contribution is 6.35. The molecule has 1 N–H and O–H groups in total. The maximum Gasteiger partial charge on any atom is 0.0465 e. The second-order valence-electron chi connectivity index (χ2n) is 7.04. The molecule has 0 aliphatic carbocycles. The third kappa shape index (κ3) is 5.46. The summed E-state index contributed by atoms with van der Waals surface area (Å²) in [6.07, 6.45) is 2.45. The van der Waals surface area contributed by atoms with Crippen LogP contribution in [0.15, 0.2) is 42.5 Å². The monoisotopic (exact) mass is 376 g/mol. The van der Waals surface area contributed by atoms with Crippen LogP contribution in [0, 0.1) is 12.8 Å². The number of halogens is 2. The molecule has 0 radical (unpaired) electrons. The Labute approximate surface area is 161 Å². The van der Waals surface area contributed by atoms with Gasteiger partial charge in [0.25, 0.3) is 0 Å². The summed E-state index contributed by atoms with van der Waals surface area (Å²) < 4.78 is 0. The molecule has 0 spiro atoms. The van der Waals surface area contributed by atoms with Crippen molar-refractivity contribution in [3.8, 4) is 0 Å². The van der Waals surface area contributed by atoms with Crippen LogP contribution in [0.3, 0.4) is 0 Å². The quantitative estimate of drug-likeness (QED) is 0.735. The number of piperidine rings is 1. The van der Waals surface area contributed by atoms with Crippen molar-refractivity contribution in [1.29, 1.82) is 0 Å². The number of nitrogens with one attached hydrogen (secondary N) is 1. The summed E-state index contributed by atoms with van der Waals surface area (Å²) in [5.74, 6) is 0.753. The molecule has 0 saturated carbocycles. The summed E-state index contributed by atoms with van der Waals surface area (Å²) >= 11 is 12.6. The van der Waals surface area contributed by atoms with Crippen molar-refractivity contribution in [3.05, 3.63) is 69.2 Å². The van der Waals surface area contributed by atoms with Gasteiger partial charge in [-0.1, -0.05) is 59.1 Å². The van der Waals surface area contributed by atoms with Crippen LogP contribution < -0.4 is 5.32 Å². The molecule has 0 atom stereocenters. The lowest BCUT2D eigenvalue weighted by Crippen LogP contribution is -2.36. The van der Waals surface area contributed by atoms with Crippen molar-refractivity contribution in [3.63, 3.8) is 0 Å². The molecule has 134 valence electrons. The molecule has 2 aromatic carbocycles. The molecule has 2 aromatic rings. The predicted molar refractivity (Wildman–Crippen MR) is 107 cm³/mol. The van der Waals surface area contributed by atoms with Crippen LogP contribution >= 0.6 is 23.2 Å². The Morgan fingerprint density at radius 1 is 1.04 bits per heavy atom. The molecule has 1 saturated heterocycles. The van der Waals surface area contributed by atoms with Crippen LogP contribution in [-0.4, -0.2) is 24.5 Å². The topological polar surface area (TPSA) is 15.3 Å². The van der Waals surface area contributed by atoms with Crippen LogP contribution in [0.5, 0.6) is 0 Å². The molecule has 1 aliphatic heterocycles. The number of nitrogens with zero attached hydrogens (tertiary/aromatic N) is 1. The Kier molecular flexibility index (Phi) is 6.77. The summed E-state index contributed by atoms with van der Waals surface area (Å²) in [5.41, 5.74) is 3.75. The Hall–Kier alpha value is -1.06. The van der Waals surface area contributed by atoms with Gasteiger partial charge in [0.05, 0.1) is 0 Å². The number of likely N-dealkylation sites (tertiary alicyclic amines) is 1. The molecule has 0 aromatic heterocycles. The Morgan fingerprint density at radius 3 is 2.40 bits per heavy atom. The minimum absolute atomic E-state index is 0.753.